The Hall–Kier alpha value is -1.77. The maximum Gasteiger partial charge on any atom is 0.183 e. The van der Waals surface area contributed by atoms with Gasteiger partial charge in [-0.2, -0.15) is 0 Å². The van der Waals surface area contributed by atoms with Crippen LogP contribution in [0.3, 0.4) is 0 Å². The molecule has 1 aliphatic rings. The number of nitrogens with zero attached hydrogens (tertiary/aromatic N) is 1. The highest BCUT2D eigenvalue weighted by Crippen LogP contribution is 2.45. The minimum atomic E-state index is -0.238. The summed E-state index contributed by atoms with van der Waals surface area (Å²) in [5, 5.41) is 14.4. The second-order valence-corrected chi connectivity index (χ2v) is 10.9. The lowest BCUT2D eigenvalue weighted by molar-refractivity contribution is 0.134. The fraction of sp³-hybridized carbons (Fsp3) is 0.318. The van der Waals surface area contributed by atoms with Crippen molar-refractivity contribution in [2.24, 2.45) is 0 Å². The van der Waals surface area contributed by atoms with Gasteiger partial charge in [0.1, 0.15) is 11.4 Å². The molecule has 0 saturated heterocycles. The number of aromatic nitrogens is 1. The molecule has 4 rings (SSSR count). The molecule has 2 N–H and O–H groups in total. The Morgan fingerprint density at radius 2 is 2.03 bits per heavy atom. The summed E-state index contributed by atoms with van der Waals surface area (Å²) in [5.74, 6) is 1.79. The molecule has 0 spiro atoms. The monoisotopic (exact) mass is 552 g/mol. The average Bonchev–Trinajstić information content (AvgIpc) is 3.20. The largest absolute Gasteiger partial charge is 0.506 e. The van der Waals surface area contributed by atoms with Gasteiger partial charge < -0.3 is 19.9 Å². The van der Waals surface area contributed by atoms with E-state index in [0.29, 0.717) is 11.0 Å². The van der Waals surface area contributed by atoms with Crippen LogP contribution in [0.1, 0.15) is 29.9 Å². The van der Waals surface area contributed by atoms with E-state index >= 15 is 0 Å². The molecule has 2 heterocycles. The Morgan fingerprint density at radius 1 is 1.27 bits per heavy atom. The first-order valence-corrected chi connectivity index (χ1v) is 11.9. The predicted octanol–water partition coefficient (Wildman–Crippen LogP) is 6.68. The van der Waals surface area contributed by atoms with Gasteiger partial charge in [-0.05, 0) is 61.0 Å². The van der Waals surface area contributed by atoms with E-state index in [2.05, 4.69) is 64.0 Å². The topological polar surface area (TPSA) is 63.6 Å². The Labute approximate surface area is 196 Å². The summed E-state index contributed by atoms with van der Waals surface area (Å²) >= 11 is 8.42. The Morgan fingerprint density at radius 3 is 2.77 bits per heavy atom. The molecule has 30 heavy (non-hydrogen) atoms. The molecule has 0 aliphatic carbocycles. The Kier molecular flexibility index (Phi) is 5.76. The van der Waals surface area contributed by atoms with E-state index in [1.165, 1.54) is 0 Å². The standard InChI is InChI=1S/C22H22Br2N2O3S/c1-11-18(12-5-13-9-22(2,3)29-20(13)17(7-12)28-4)26-21(30-11)25-10-14-6-15(23)8-16(24)19(14)27/h5-8,27H,9-10H2,1-4H3,(H,25,26). The van der Waals surface area contributed by atoms with Crippen LogP contribution in [0.4, 0.5) is 5.13 Å². The third-order valence-electron chi connectivity index (χ3n) is 4.95. The minimum Gasteiger partial charge on any atom is -0.506 e. The van der Waals surface area contributed by atoms with E-state index in [1.807, 2.05) is 18.2 Å². The zero-order chi connectivity index (χ0) is 21.6. The van der Waals surface area contributed by atoms with Crippen molar-refractivity contribution >= 4 is 48.3 Å². The van der Waals surface area contributed by atoms with Crippen molar-refractivity contribution < 1.29 is 14.6 Å². The molecule has 0 atom stereocenters. The van der Waals surface area contributed by atoms with E-state index in [-0.39, 0.29) is 11.4 Å². The number of rotatable bonds is 5. The highest BCUT2D eigenvalue weighted by molar-refractivity contribution is 9.11. The number of hydrogen-bond acceptors (Lipinski definition) is 6. The number of fused-ring (bicyclic) bond motifs is 1. The molecule has 0 unspecified atom stereocenters. The molecular weight excluding hydrogens is 532 g/mol. The van der Waals surface area contributed by atoms with Gasteiger partial charge in [0.2, 0.25) is 0 Å². The van der Waals surface area contributed by atoms with Crippen molar-refractivity contribution in [2.45, 2.75) is 39.3 Å². The van der Waals surface area contributed by atoms with Crippen LogP contribution in [-0.4, -0.2) is 22.8 Å². The summed E-state index contributed by atoms with van der Waals surface area (Å²) in [7, 11) is 1.66. The number of aromatic hydroxyl groups is 1. The number of thiazole rings is 1. The number of anilines is 1. The Balaban J connectivity index is 1.61. The number of methoxy groups -OCH3 is 1. The molecule has 0 fully saturated rings. The lowest BCUT2D eigenvalue weighted by Crippen LogP contribution is -2.24. The lowest BCUT2D eigenvalue weighted by Gasteiger charge is -2.17. The van der Waals surface area contributed by atoms with E-state index < -0.39 is 0 Å². The highest BCUT2D eigenvalue weighted by atomic mass is 79.9. The van der Waals surface area contributed by atoms with Gasteiger partial charge >= 0.3 is 0 Å². The van der Waals surface area contributed by atoms with Crippen LogP contribution in [0.15, 0.2) is 33.2 Å². The van der Waals surface area contributed by atoms with Crippen molar-refractivity contribution in [1.82, 2.24) is 4.98 Å². The van der Waals surface area contributed by atoms with Gasteiger partial charge in [-0.15, -0.1) is 11.3 Å². The van der Waals surface area contributed by atoms with Crippen LogP contribution in [0.2, 0.25) is 0 Å². The first-order valence-electron chi connectivity index (χ1n) is 9.45. The van der Waals surface area contributed by atoms with Crippen molar-refractivity contribution in [3.63, 3.8) is 0 Å². The highest BCUT2D eigenvalue weighted by Gasteiger charge is 2.33. The number of aryl methyl sites for hydroxylation is 1. The minimum absolute atomic E-state index is 0.227. The Bertz CT molecular complexity index is 1130. The molecular formula is C22H22Br2N2O3S. The summed E-state index contributed by atoms with van der Waals surface area (Å²) in [6, 6.07) is 7.84. The number of ether oxygens (including phenoxy) is 2. The van der Waals surface area contributed by atoms with Gasteiger partial charge in [0, 0.05) is 39.0 Å². The zero-order valence-electron chi connectivity index (χ0n) is 17.1. The number of halogens is 2. The molecule has 3 aromatic rings. The molecule has 1 aliphatic heterocycles. The van der Waals surface area contributed by atoms with Gasteiger partial charge in [-0.3, -0.25) is 0 Å². The quantitative estimate of drug-likeness (QED) is 0.369. The van der Waals surface area contributed by atoms with Crippen LogP contribution >= 0.6 is 43.2 Å². The summed E-state index contributed by atoms with van der Waals surface area (Å²) < 4.78 is 13.2. The number of phenols is 1. The molecule has 158 valence electrons. The number of phenolic OH excluding ortho intramolecular Hbond substituents is 1. The second-order valence-electron chi connectivity index (χ2n) is 7.88. The van der Waals surface area contributed by atoms with Gasteiger partial charge in [0.05, 0.1) is 17.3 Å². The van der Waals surface area contributed by atoms with E-state index in [4.69, 9.17) is 14.5 Å². The maximum absolute atomic E-state index is 10.3. The normalized spacial score (nSPS) is 14.3. The first kappa shape index (κ1) is 21.5. The molecule has 2 aromatic carbocycles. The number of hydrogen-bond donors (Lipinski definition) is 2. The van der Waals surface area contributed by atoms with Crippen molar-refractivity contribution in [2.75, 3.05) is 12.4 Å². The van der Waals surface area contributed by atoms with Crippen molar-refractivity contribution in [3.05, 3.63) is 49.2 Å². The van der Waals surface area contributed by atoms with E-state index in [9.17, 15) is 5.11 Å². The zero-order valence-corrected chi connectivity index (χ0v) is 21.1. The van der Waals surface area contributed by atoms with Gasteiger partial charge in [-0.1, -0.05) is 15.9 Å². The summed E-state index contributed by atoms with van der Waals surface area (Å²) in [6.07, 6.45) is 0.831. The third kappa shape index (κ3) is 4.18. The second kappa shape index (κ2) is 8.05. The molecule has 0 bridgehead atoms. The molecule has 5 nitrogen and oxygen atoms in total. The smallest absolute Gasteiger partial charge is 0.183 e. The molecule has 0 saturated carbocycles. The summed E-state index contributed by atoms with van der Waals surface area (Å²) in [6.45, 7) is 6.69. The predicted molar refractivity (Wildman–Crippen MR) is 128 cm³/mol. The van der Waals surface area contributed by atoms with E-state index in [1.54, 1.807) is 18.4 Å². The molecule has 0 amide bonds. The summed E-state index contributed by atoms with van der Waals surface area (Å²) in [4.78, 5) is 5.92. The third-order valence-corrected chi connectivity index (χ3v) is 6.94. The first-order chi connectivity index (χ1) is 14.2. The van der Waals surface area contributed by atoms with Gasteiger partial charge in [0.25, 0.3) is 0 Å². The molecule has 1 aromatic heterocycles. The van der Waals surface area contributed by atoms with Crippen LogP contribution < -0.4 is 14.8 Å². The summed E-state index contributed by atoms with van der Waals surface area (Å²) in [5.41, 5.74) is 3.62. The van der Waals surface area contributed by atoms with Crippen LogP contribution in [-0.2, 0) is 13.0 Å². The maximum atomic E-state index is 10.3. The molecule has 8 heteroatoms. The fourth-order valence-electron chi connectivity index (χ4n) is 3.63. The van der Waals surface area contributed by atoms with Crippen LogP contribution in [0.25, 0.3) is 11.3 Å². The average molecular weight is 554 g/mol. The number of benzene rings is 2. The van der Waals surface area contributed by atoms with Crippen LogP contribution in [0, 0.1) is 6.92 Å². The van der Waals surface area contributed by atoms with Gasteiger partial charge in [-0.25, -0.2) is 4.98 Å². The van der Waals surface area contributed by atoms with Crippen molar-refractivity contribution in [3.8, 4) is 28.5 Å². The van der Waals surface area contributed by atoms with Crippen LogP contribution in [0.5, 0.6) is 17.2 Å². The SMILES string of the molecule is COc1cc(-c2nc(NCc3cc(Br)cc(Br)c3O)sc2C)cc2c1OC(C)(C)C2. The fourth-order valence-corrected chi connectivity index (χ4v) is 5.78. The molecule has 0 radical (unpaired) electrons. The van der Waals surface area contributed by atoms with Gasteiger partial charge in [0.15, 0.2) is 16.6 Å². The number of nitrogens with one attached hydrogen (secondary N) is 1. The van der Waals surface area contributed by atoms with Crippen molar-refractivity contribution in [1.29, 1.82) is 0 Å². The lowest BCUT2D eigenvalue weighted by atomic mass is 9.99. The van der Waals surface area contributed by atoms with E-state index in [0.717, 1.165) is 54.8 Å².